The molecule has 0 atom stereocenters. The lowest BCUT2D eigenvalue weighted by Crippen LogP contribution is -1.99. The summed E-state index contributed by atoms with van der Waals surface area (Å²) in [6.07, 6.45) is 0. The molecule has 2 rings (SSSR count). The zero-order valence-electron chi connectivity index (χ0n) is 9.74. The molecule has 0 amide bonds. The number of hydrogen-bond donors (Lipinski definition) is 2. The maximum atomic E-state index is 10.7. The maximum Gasteiger partial charge on any atom is 0.371 e. The molecule has 1 aromatic carbocycles. The van der Waals surface area contributed by atoms with Crippen molar-refractivity contribution in [2.75, 3.05) is 5.32 Å². The Balaban J connectivity index is 2.06. The smallest absolute Gasteiger partial charge is 0.371 e. The molecule has 5 heteroatoms. The average molecular weight is 266 g/mol. The molecule has 2 N–H and O–H groups in total. The van der Waals surface area contributed by atoms with Gasteiger partial charge in [0.25, 0.3) is 0 Å². The van der Waals surface area contributed by atoms with E-state index in [-0.39, 0.29) is 5.76 Å². The molecule has 0 aliphatic rings. The van der Waals surface area contributed by atoms with Crippen molar-refractivity contribution in [2.45, 2.75) is 13.5 Å². The minimum atomic E-state index is -1.06. The van der Waals surface area contributed by atoms with Crippen LogP contribution in [-0.4, -0.2) is 11.1 Å². The Bertz CT molecular complexity index is 560. The summed E-state index contributed by atoms with van der Waals surface area (Å²) in [5.41, 5.74) is 1.74. The molecule has 2 aromatic rings. The van der Waals surface area contributed by atoms with Crippen LogP contribution < -0.4 is 5.32 Å². The Morgan fingerprint density at radius 3 is 2.61 bits per heavy atom. The number of aryl methyl sites for hydroxylation is 1. The van der Waals surface area contributed by atoms with Crippen molar-refractivity contribution in [1.82, 2.24) is 0 Å². The monoisotopic (exact) mass is 265 g/mol. The highest BCUT2D eigenvalue weighted by Gasteiger charge is 2.12. The number of aromatic carboxylic acids is 1. The van der Waals surface area contributed by atoms with Gasteiger partial charge in [-0.25, -0.2) is 4.79 Å². The predicted molar refractivity (Wildman–Crippen MR) is 69.2 cm³/mol. The Morgan fingerprint density at radius 1 is 1.39 bits per heavy atom. The Hall–Kier alpha value is -1.94. The van der Waals surface area contributed by atoms with Gasteiger partial charge in [0, 0.05) is 22.8 Å². The number of carboxylic acids is 1. The number of halogens is 1. The van der Waals surface area contributed by atoms with Gasteiger partial charge in [-0.3, -0.25) is 0 Å². The van der Waals surface area contributed by atoms with Crippen molar-refractivity contribution in [2.24, 2.45) is 0 Å². The lowest BCUT2D eigenvalue weighted by atomic mass is 10.2. The predicted octanol–water partition coefficient (Wildman–Crippen LogP) is 3.55. The van der Waals surface area contributed by atoms with E-state index >= 15 is 0 Å². The first-order valence-electron chi connectivity index (χ1n) is 5.38. The van der Waals surface area contributed by atoms with Gasteiger partial charge in [0.2, 0.25) is 5.76 Å². The Labute approximate surface area is 109 Å². The van der Waals surface area contributed by atoms with Crippen LogP contribution in [0.4, 0.5) is 5.69 Å². The van der Waals surface area contributed by atoms with E-state index in [4.69, 9.17) is 21.1 Å². The molecule has 0 radical (unpaired) electrons. The molecular weight excluding hydrogens is 254 g/mol. The lowest BCUT2D eigenvalue weighted by Gasteiger charge is -2.05. The third-order valence-electron chi connectivity index (χ3n) is 2.56. The topological polar surface area (TPSA) is 62.5 Å². The molecule has 1 aromatic heterocycles. The fourth-order valence-corrected chi connectivity index (χ4v) is 1.69. The van der Waals surface area contributed by atoms with Gasteiger partial charge in [-0.1, -0.05) is 11.6 Å². The van der Waals surface area contributed by atoms with Crippen LogP contribution in [0.15, 0.2) is 34.7 Å². The highest BCUT2D eigenvalue weighted by Crippen LogP contribution is 2.18. The molecule has 1 heterocycles. The van der Waals surface area contributed by atoms with Crippen LogP contribution >= 0.6 is 11.6 Å². The summed E-state index contributed by atoms with van der Waals surface area (Å²) in [6, 6.07) is 8.82. The molecule has 0 fully saturated rings. The number of nitrogens with one attached hydrogen (secondary N) is 1. The molecular formula is C13H12ClNO3. The molecule has 0 spiro atoms. The summed E-state index contributed by atoms with van der Waals surface area (Å²) in [5, 5.41) is 12.7. The fraction of sp³-hybridized carbons (Fsp3) is 0.154. The third-order valence-corrected chi connectivity index (χ3v) is 2.81. The number of rotatable bonds is 4. The van der Waals surface area contributed by atoms with Crippen LogP contribution in [0, 0.1) is 6.92 Å². The summed E-state index contributed by atoms with van der Waals surface area (Å²) >= 11 is 5.78. The van der Waals surface area contributed by atoms with Gasteiger partial charge in [0.15, 0.2) is 0 Å². The van der Waals surface area contributed by atoms with Crippen molar-refractivity contribution >= 4 is 23.3 Å². The van der Waals surface area contributed by atoms with E-state index in [0.717, 1.165) is 11.3 Å². The van der Waals surface area contributed by atoms with Crippen LogP contribution in [-0.2, 0) is 6.54 Å². The van der Waals surface area contributed by atoms with Gasteiger partial charge < -0.3 is 14.8 Å². The number of furan rings is 1. The SMILES string of the molecule is Cc1oc(C(=O)O)cc1CNc1ccc(Cl)cc1. The number of anilines is 1. The van der Waals surface area contributed by atoms with Crippen molar-refractivity contribution in [1.29, 1.82) is 0 Å². The largest absolute Gasteiger partial charge is 0.475 e. The second-order valence-electron chi connectivity index (χ2n) is 3.86. The first-order valence-corrected chi connectivity index (χ1v) is 5.76. The van der Waals surface area contributed by atoms with Gasteiger partial charge in [0.05, 0.1) is 0 Å². The van der Waals surface area contributed by atoms with Crippen LogP contribution in [0.1, 0.15) is 21.9 Å². The molecule has 0 unspecified atom stereocenters. The van der Waals surface area contributed by atoms with Gasteiger partial charge in [-0.05, 0) is 37.3 Å². The fourth-order valence-electron chi connectivity index (χ4n) is 1.57. The minimum Gasteiger partial charge on any atom is -0.475 e. The minimum absolute atomic E-state index is 0.0413. The standard InChI is InChI=1S/C13H12ClNO3/c1-8-9(6-12(18-8)13(16)17)7-15-11-4-2-10(14)3-5-11/h2-6,15H,7H2,1H3,(H,16,17). The highest BCUT2D eigenvalue weighted by molar-refractivity contribution is 6.30. The number of hydrogen-bond acceptors (Lipinski definition) is 3. The van der Waals surface area contributed by atoms with E-state index in [1.54, 1.807) is 19.1 Å². The van der Waals surface area contributed by atoms with E-state index in [2.05, 4.69) is 5.32 Å². The first-order chi connectivity index (χ1) is 8.56. The first kappa shape index (κ1) is 12.5. The third kappa shape index (κ3) is 2.84. The summed E-state index contributed by atoms with van der Waals surface area (Å²) < 4.78 is 5.12. The zero-order chi connectivity index (χ0) is 13.1. The van der Waals surface area contributed by atoms with Crippen molar-refractivity contribution in [3.8, 4) is 0 Å². The summed E-state index contributed by atoms with van der Waals surface area (Å²) in [5.74, 6) is -0.495. The Morgan fingerprint density at radius 2 is 2.06 bits per heavy atom. The quantitative estimate of drug-likeness (QED) is 0.887. The van der Waals surface area contributed by atoms with E-state index in [0.29, 0.717) is 17.3 Å². The lowest BCUT2D eigenvalue weighted by molar-refractivity contribution is 0.0661. The molecule has 4 nitrogen and oxygen atoms in total. The highest BCUT2D eigenvalue weighted by atomic mass is 35.5. The number of benzene rings is 1. The van der Waals surface area contributed by atoms with Crippen molar-refractivity contribution in [3.63, 3.8) is 0 Å². The molecule has 0 aliphatic heterocycles. The van der Waals surface area contributed by atoms with Gasteiger partial charge >= 0.3 is 5.97 Å². The molecule has 0 saturated carbocycles. The normalized spacial score (nSPS) is 10.3. The van der Waals surface area contributed by atoms with Gasteiger partial charge in [-0.15, -0.1) is 0 Å². The van der Waals surface area contributed by atoms with Crippen molar-refractivity contribution < 1.29 is 14.3 Å². The Kier molecular flexibility index (Phi) is 3.58. The van der Waals surface area contributed by atoms with Crippen LogP contribution in [0.3, 0.4) is 0 Å². The second-order valence-corrected chi connectivity index (χ2v) is 4.29. The average Bonchev–Trinajstić information content (AvgIpc) is 2.70. The van der Waals surface area contributed by atoms with Crippen LogP contribution in [0.2, 0.25) is 5.02 Å². The number of carboxylic acid groups (broad SMARTS) is 1. The van der Waals surface area contributed by atoms with E-state index < -0.39 is 5.97 Å². The zero-order valence-corrected chi connectivity index (χ0v) is 10.5. The molecule has 94 valence electrons. The van der Waals surface area contributed by atoms with E-state index in [1.165, 1.54) is 6.07 Å². The van der Waals surface area contributed by atoms with Gasteiger partial charge in [0.1, 0.15) is 5.76 Å². The molecule has 0 saturated heterocycles. The molecule has 0 aliphatic carbocycles. The maximum absolute atomic E-state index is 10.7. The van der Waals surface area contributed by atoms with E-state index in [1.807, 2.05) is 12.1 Å². The summed E-state index contributed by atoms with van der Waals surface area (Å²) in [4.78, 5) is 10.7. The summed E-state index contributed by atoms with van der Waals surface area (Å²) in [6.45, 7) is 2.25. The molecule has 18 heavy (non-hydrogen) atoms. The summed E-state index contributed by atoms with van der Waals surface area (Å²) in [7, 11) is 0. The molecule has 0 bridgehead atoms. The number of carbonyl (C=O) groups is 1. The van der Waals surface area contributed by atoms with Crippen LogP contribution in [0.5, 0.6) is 0 Å². The van der Waals surface area contributed by atoms with Crippen LogP contribution in [0.25, 0.3) is 0 Å². The van der Waals surface area contributed by atoms with E-state index in [9.17, 15) is 4.79 Å². The second kappa shape index (κ2) is 5.14. The van der Waals surface area contributed by atoms with Gasteiger partial charge in [-0.2, -0.15) is 0 Å². The van der Waals surface area contributed by atoms with Crippen molar-refractivity contribution in [3.05, 3.63) is 52.4 Å².